The fourth-order valence-corrected chi connectivity index (χ4v) is 4.89. The van der Waals surface area contributed by atoms with Gasteiger partial charge < -0.3 is 0 Å². The fraction of sp³-hybridized carbons (Fsp3) is 0.179. The smallest absolute Gasteiger partial charge is 0.261 e. The van der Waals surface area contributed by atoms with Gasteiger partial charge in [-0.3, -0.25) is 19.5 Å². The molecule has 3 aromatic carbocycles. The van der Waals surface area contributed by atoms with Gasteiger partial charge >= 0.3 is 0 Å². The average molecular weight is 499 g/mol. The number of nitrogens with zero attached hydrogens (tertiary/aromatic N) is 2. The number of fused-ring (bicyclic) bond motifs is 2. The number of imide groups is 1. The molecule has 0 unspecified atom stereocenters. The number of benzene rings is 3. The van der Waals surface area contributed by atoms with E-state index in [4.69, 9.17) is 4.98 Å². The Morgan fingerprint density at radius 2 is 1.52 bits per heavy atom. The summed E-state index contributed by atoms with van der Waals surface area (Å²) in [6.07, 6.45) is 0.754. The molecule has 5 heteroatoms. The summed E-state index contributed by atoms with van der Waals surface area (Å²) < 4.78 is 0.956. The number of amides is 2. The zero-order valence-corrected chi connectivity index (χ0v) is 20.1. The predicted octanol–water partition coefficient (Wildman–Crippen LogP) is 6.66. The lowest BCUT2D eigenvalue weighted by Crippen LogP contribution is -2.30. The van der Waals surface area contributed by atoms with Crippen molar-refractivity contribution >= 4 is 38.6 Å². The Kier molecular flexibility index (Phi) is 5.59. The van der Waals surface area contributed by atoms with Crippen molar-refractivity contribution in [1.29, 1.82) is 0 Å². The fourth-order valence-electron chi connectivity index (χ4n) is 4.53. The van der Waals surface area contributed by atoms with Crippen molar-refractivity contribution in [1.82, 2.24) is 9.88 Å². The summed E-state index contributed by atoms with van der Waals surface area (Å²) in [5, 5.41) is 0.995. The van der Waals surface area contributed by atoms with Crippen LogP contribution in [0.1, 0.15) is 45.8 Å². The van der Waals surface area contributed by atoms with Gasteiger partial charge in [0.15, 0.2) is 0 Å². The maximum Gasteiger partial charge on any atom is 0.261 e. The molecule has 0 bridgehead atoms. The van der Waals surface area contributed by atoms with E-state index in [1.807, 2.05) is 30.3 Å². The molecule has 1 aromatic heterocycles. The van der Waals surface area contributed by atoms with Crippen LogP contribution in [0.3, 0.4) is 0 Å². The van der Waals surface area contributed by atoms with E-state index in [1.54, 1.807) is 24.3 Å². The molecule has 0 radical (unpaired) electrons. The number of halogens is 1. The molecule has 0 aliphatic carbocycles. The average Bonchev–Trinajstić information content (AvgIpc) is 3.05. The second-order valence-electron chi connectivity index (χ2n) is 8.78. The highest BCUT2D eigenvalue weighted by Crippen LogP contribution is 2.37. The number of carbonyl (C=O) groups excluding carboxylic acids is 2. The molecule has 4 aromatic rings. The number of hydrogen-bond donors (Lipinski definition) is 0. The summed E-state index contributed by atoms with van der Waals surface area (Å²) in [5.74, 6) is -0.131. The van der Waals surface area contributed by atoms with Crippen molar-refractivity contribution < 1.29 is 9.59 Å². The Morgan fingerprint density at radius 1 is 0.879 bits per heavy atom. The predicted molar refractivity (Wildman–Crippen MR) is 134 cm³/mol. The molecule has 0 N–H and O–H groups in total. The van der Waals surface area contributed by atoms with Crippen LogP contribution in [0.5, 0.6) is 0 Å². The minimum atomic E-state index is -0.251. The second-order valence-corrected chi connectivity index (χ2v) is 9.70. The van der Waals surface area contributed by atoms with E-state index in [2.05, 4.69) is 48.0 Å². The monoisotopic (exact) mass is 498 g/mol. The minimum Gasteiger partial charge on any atom is -0.270 e. The highest BCUT2D eigenvalue weighted by molar-refractivity contribution is 9.10. The molecule has 0 saturated heterocycles. The summed E-state index contributed by atoms with van der Waals surface area (Å²) >= 11 is 3.60. The van der Waals surface area contributed by atoms with Crippen LogP contribution in [-0.4, -0.2) is 21.7 Å². The van der Waals surface area contributed by atoms with Crippen molar-refractivity contribution in [2.75, 3.05) is 0 Å². The van der Waals surface area contributed by atoms with Crippen LogP contribution in [0.2, 0.25) is 0 Å². The summed E-state index contributed by atoms with van der Waals surface area (Å²) in [6, 6.07) is 23.2. The van der Waals surface area contributed by atoms with Gasteiger partial charge in [0.25, 0.3) is 11.8 Å². The Labute approximate surface area is 201 Å². The van der Waals surface area contributed by atoms with Crippen molar-refractivity contribution in [3.63, 3.8) is 0 Å². The molecular weight excluding hydrogens is 476 g/mol. The molecule has 1 aliphatic heterocycles. The van der Waals surface area contributed by atoms with Gasteiger partial charge in [0.05, 0.1) is 23.2 Å². The standard InChI is InChI=1S/C28H23BrN2O2/c1-17(2)14-25-23(16-31-27(32)20-10-6-7-11-21(20)28(31)33)26(18-8-4-3-5-9-18)22-15-19(29)12-13-24(22)30-25/h3-13,15,17H,14,16H2,1-2H3. The minimum absolute atomic E-state index is 0.189. The van der Waals surface area contributed by atoms with E-state index < -0.39 is 0 Å². The van der Waals surface area contributed by atoms with E-state index in [0.717, 1.165) is 44.2 Å². The lowest BCUT2D eigenvalue weighted by Gasteiger charge is -2.22. The van der Waals surface area contributed by atoms with Crippen LogP contribution in [0.4, 0.5) is 0 Å². The van der Waals surface area contributed by atoms with E-state index in [-0.39, 0.29) is 18.4 Å². The zero-order chi connectivity index (χ0) is 23.1. The first-order valence-electron chi connectivity index (χ1n) is 11.1. The SMILES string of the molecule is CC(C)Cc1nc2ccc(Br)cc2c(-c2ccccc2)c1CN1C(=O)c2ccccc2C1=O. The Bertz CT molecular complexity index is 1360. The van der Waals surface area contributed by atoms with Gasteiger partial charge in [-0.15, -0.1) is 0 Å². The molecule has 0 fully saturated rings. The maximum atomic E-state index is 13.2. The van der Waals surface area contributed by atoms with Gasteiger partial charge in [-0.2, -0.15) is 0 Å². The summed E-state index contributed by atoms with van der Waals surface area (Å²) in [7, 11) is 0. The Balaban J connectivity index is 1.75. The Hall–Kier alpha value is -3.31. The third-order valence-electron chi connectivity index (χ3n) is 5.99. The number of hydrogen-bond acceptors (Lipinski definition) is 3. The number of rotatable bonds is 5. The van der Waals surface area contributed by atoms with E-state index in [9.17, 15) is 9.59 Å². The normalized spacial score (nSPS) is 13.3. The van der Waals surface area contributed by atoms with Gasteiger partial charge in [-0.1, -0.05) is 72.2 Å². The third kappa shape index (κ3) is 3.87. The number of pyridine rings is 1. The molecule has 4 nitrogen and oxygen atoms in total. The van der Waals surface area contributed by atoms with Crippen LogP contribution in [0, 0.1) is 5.92 Å². The van der Waals surface area contributed by atoms with E-state index >= 15 is 0 Å². The third-order valence-corrected chi connectivity index (χ3v) is 6.49. The molecule has 0 saturated carbocycles. The van der Waals surface area contributed by atoms with E-state index in [0.29, 0.717) is 17.0 Å². The summed E-state index contributed by atoms with van der Waals surface area (Å²) in [6.45, 7) is 4.50. The first-order chi connectivity index (χ1) is 15.9. The maximum absolute atomic E-state index is 13.2. The summed E-state index contributed by atoms with van der Waals surface area (Å²) in [5.41, 5.74) is 5.74. The number of carbonyl (C=O) groups is 2. The van der Waals surface area contributed by atoms with Crippen LogP contribution in [0.15, 0.2) is 77.3 Å². The molecule has 0 atom stereocenters. The van der Waals surface area contributed by atoms with Gasteiger partial charge in [-0.05, 0) is 53.8 Å². The lowest BCUT2D eigenvalue weighted by molar-refractivity contribution is 0.0642. The number of aromatic nitrogens is 1. The first kappa shape index (κ1) is 21.5. The quantitative estimate of drug-likeness (QED) is 0.289. The second kappa shape index (κ2) is 8.56. The van der Waals surface area contributed by atoms with Gasteiger partial charge in [0, 0.05) is 21.1 Å². The largest absolute Gasteiger partial charge is 0.270 e. The van der Waals surface area contributed by atoms with Gasteiger partial charge in [-0.25, -0.2) is 0 Å². The van der Waals surface area contributed by atoms with Crippen molar-refractivity contribution in [2.45, 2.75) is 26.8 Å². The first-order valence-corrected chi connectivity index (χ1v) is 11.8. The van der Waals surface area contributed by atoms with Gasteiger partial charge in [0.1, 0.15) is 0 Å². The molecule has 0 spiro atoms. The lowest BCUT2D eigenvalue weighted by atomic mass is 9.91. The Morgan fingerprint density at radius 3 is 2.15 bits per heavy atom. The zero-order valence-electron chi connectivity index (χ0n) is 18.5. The molecule has 5 rings (SSSR count). The topological polar surface area (TPSA) is 50.3 Å². The molecule has 33 heavy (non-hydrogen) atoms. The van der Waals surface area contributed by atoms with Gasteiger partial charge in [0.2, 0.25) is 0 Å². The van der Waals surface area contributed by atoms with Crippen LogP contribution in [-0.2, 0) is 13.0 Å². The van der Waals surface area contributed by atoms with Crippen molar-refractivity contribution in [3.8, 4) is 11.1 Å². The van der Waals surface area contributed by atoms with Crippen LogP contribution < -0.4 is 0 Å². The molecule has 2 heterocycles. The molecule has 1 aliphatic rings. The highest BCUT2D eigenvalue weighted by Gasteiger charge is 2.36. The molecular formula is C28H23BrN2O2. The van der Waals surface area contributed by atoms with Crippen LogP contribution in [0.25, 0.3) is 22.0 Å². The summed E-state index contributed by atoms with van der Waals surface area (Å²) in [4.78, 5) is 32.8. The highest BCUT2D eigenvalue weighted by atomic mass is 79.9. The molecule has 164 valence electrons. The molecule has 2 amide bonds. The van der Waals surface area contributed by atoms with E-state index in [1.165, 1.54) is 4.90 Å². The van der Waals surface area contributed by atoms with Crippen molar-refractivity contribution in [3.05, 3.63) is 99.7 Å². The van der Waals surface area contributed by atoms with Crippen LogP contribution >= 0.6 is 15.9 Å². The van der Waals surface area contributed by atoms with Crippen molar-refractivity contribution in [2.24, 2.45) is 5.92 Å².